The molecule has 6 heteroatoms. The number of nitrogen functional groups attached to an aromatic ring is 1. The van der Waals surface area contributed by atoms with Crippen molar-refractivity contribution in [3.8, 4) is 0 Å². The van der Waals surface area contributed by atoms with Crippen molar-refractivity contribution in [2.75, 3.05) is 16.8 Å². The highest BCUT2D eigenvalue weighted by molar-refractivity contribution is 8.01. The topological polar surface area (TPSA) is 68.0 Å². The smallest absolute Gasteiger partial charge is 0.225 e. The molecular weight excluding hydrogens is 278 g/mol. The number of thioether (sulfide) groups is 1. The first-order chi connectivity index (χ1) is 9.15. The predicted octanol–water partition coefficient (Wildman–Crippen LogP) is 3.15. The predicted molar refractivity (Wildman–Crippen MR) is 81.7 cm³/mol. The first-order valence-corrected chi connectivity index (χ1v) is 7.70. The van der Waals surface area contributed by atoms with Gasteiger partial charge in [-0.2, -0.15) is 0 Å². The fourth-order valence-electron chi connectivity index (χ4n) is 1.55. The summed E-state index contributed by atoms with van der Waals surface area (Å²) in [5, 5.41) is 4.82. The number of amides is 1. The van der Waals surface area contributed by atoms with Crippen molar-refractivity contribution in [1.82, 2.24) is 4.98 Å². The molecule has 4 nitrogen and oxygen atoms in total. The third kappa shape index (κ3) is 4.25. The third-order valence-electron chi connectivity index (χ3n) is 2.49. The summed E-state index contributed by atoms with van der Waals surface area (Å²) in [4.78, 5) is 16.0. The zero-order chi connectivity index (χ0) is 13.7. The number of carbonyl (C=O) groups excluding carboxylic acids is 1. The van der Waals surface area contributed by atoms with Crippen LogP contribution in [0.25, 0.3) is 0 Å². The van der Waals surface area contributed by atoms with E-state index in [4.69, 9.17) is 5.73 Å². The maximum absolute atomic E-state index is 11.8. The van der Waals surface area contributed by atoms with Crippen LogP contribution in [-0.2, 0) is 4.79 Å². The van der Waals surface area contributed by atoms with E-state index in [1.54, 1.807) is 35.4 Å². The molecule has 0 atom stereocenters. The number of nitrogens with two attached hydrogens (primary N) is 1. The van der Waals surface area contributed by atoms with Gasteiger partial charge in [-0.05, 0) is 30.7 Å². The molecule has 0 saturated heterocycles. The zero-order valence-electron chi connectivity index (χ0n) is 10.6. The van der Waals surface area contributed by atoms with Gasteiger partial charge in [-0.15, -0.1) is 11.3 Å². The molecule has 0 aliphatic carbocycles. The van der Waals surface area contributed by atoms with Crippen LogP contribution in [0.15, 0.2) is 34.1 Å². The fourth-order valence-corrected chi connectivity index (χ4v) is 3.20. The minimum Gasteiger partial charge on any atom is -0.399 e. The van der Waals surface area contributed by atoms with Crippen LogP contribution >= 0.6 is 23.1 Å². The average molecular weight is 293 g/mol. The van der Waals surface area contributed by atoms with Crippen LogP contribution < -0.4 is 11.1 Å². The molecule has 1 amide bonds. The molecule has 0 saturated carbocycles. The summed E-state index contributed by atoms with van der Waals surface area (Å²) in [6, 6.07) is 5.46. The molecule has 0 spiro atoms. The first kappa shape index (κ1) is 13.9. The van der Waals surface area contributed by atoms with E-state index < -0.39 is 0 Å². The van der Waals surface area contributed by atoms with Crippen molar-refractivity contribution < 1.29 is 4.79 Å². The summed E-state index contributed by atoms with van der Waals surface area (Å²) in [5.74, 6) is 0.741. The van der Waals surface area contributed by atoms with Crippen LogP contribution in [0.1, 0.15) is 12.0 Å². The van der Waals surface area contributed by atoms with Crippen LogP contribution in [0.2, 0.25) is 0 Å². The van der Waals surface area contributed by atoms with E-state index in [1.165, 1.54) is 0 Å². The van der Waals surface area contributed by atoms with Gasteiger partial charge in [0.1, 0.15) is 4.34 Å². The Hall–Kier alpha value is -1.53. The van der Waals surface area contributed by atoms with Gasteiger partial charge < -0.3 is 11.1 Å². The molecule has 0 bridgehead atoms. The SMILES string of the molecule is Cc1cc(N)ccc1NC(=O)CCSc1nccs1. The van der Waals surface area contributed by atoms with Gasteiger partial charge >= 0.3 is 0 Å². The van der Waals surface area contributed by atoms with Crippen LogP contribution in [0.3, 0.4) is 0 Å². The van der Waals surface area contributed by atoms with Gasteiger partial charge in [-0.3, -0.25) is 4.79 Å². The Bertz CT molecular complexity index is 555. The number of aryl methyl sites for hydroxylation is 1. The summed E-state index contributed by atoms with van der Waals surface area (Å²) in [7, 11) is 0. The number of hydrogen-bond donors (Lipinski definition) is 2. The Labute approximate surface area is 120 Å². The monoisotopic (exact) mass is 293 g/mol. The molecule has 19 heavy (non-hydrogen) atoms. The molecule has 2 aromatic rings. The molecule has 100 valence electrons. The van der Waals surface area contributed by atoms with Crippen molar-refractivity contribution in [2.45, 2.75) is 17.7 Å². The van der Waals surface area contributed by atoms with E-state index in [0.717, 1.165) is 21.3 Å². The molecule has 0 unspecified atom stereocenters. The fraction of sp³-hybridized carbons (Fsp3) is 0.231. The van der Waals surface area contributed by atoms with Gasteiger partial charge in [-0.25, -0.2) is 4.98 Å². The molecule has 1 aromatic heterocycles. The van der Waals surface area contributed by atoms with Crippen LogP contribution in [0, 0.1) is 6.92 Å². The summed E-state index contributed by atoms with van der Waals surface area (Å²) in [6.45, 7) is 1.93. The van der Waals surface area contributed by atoms with Gasteiger partial charge in [0.05, 0.1) is 0 Å². The standard InChI is InChI=1S/C13H15N3OS2/c1-9-8-10(14)2-3-11(9)16-12(17)4-6-18-13-15-5-7-19-13/h2-3,5,7-8H,4,6,14H2,1H3,(H,16,17). The largest absolute Gasteiger partial charge is 0.399 e. The number of nitrogens with one attached hydrogen (secondary N) is 1. The Morgan fingerprint density at radius 2 is 2.37 bits per heavy atom. The Kier molecular flexibility index (Phi) is 4.81. The Balaban J connectivity index is 1.80. The van der Waals surface area contributed by atoms with Crippen LogP contribution in [-0.4, -0.2) is 16.6 Å². The molecule has 1 aromatic carbocycles. The zero-order valence-corrected chi connectivity index (χ0v) is 12.2. The van der Waals surface area contributed by atoms with Crippen LogP contribution in [0.4, 0.5) is 11.4 Å². The summed E-state index contributed by atoms with van der Waals surface area (Å²) >= 11 is 3.19. The molecule has 1 heterocycles. The van der Waals surface area contributed by atoms with Crippen LogP contribution in [0.5, 0.6) is 0 Å². The van der Waals surface area contributed by atoms with E-state index in [2.05, 4.69) is 10.3 Å². The second kappa shape index (κ2) is 6.58. The summed E-state index contributed by atoms with van der Waals surface area (Å²) in [6.07, 6.45) is 2.23. The van der Waals surface area contributed by atoms with E-state index in [-0.39, 0.29) is 5.91 Å². The van der Waals surface area contributed by atoms with Gasteiger partial charge in [0.15, 0.2) is 0 Å². The summed E-state index contributed by atoms with van der Waals surface area (Å²) < 4.78 is 0.997. The molecular formula is C13H15N3OS2. The number of rotatable bonds is 5. The lowest BCUT2D eigenvalue weighted by Gasteiger charge is -2.08. The van der Waals surface area contributed by atoms with Gasteiger partial charge in [0.25, 0.3) is 0 Å². The van der Waals surface area contributed by atoms with Crippen molar-refractivity contribution in [2.24, 2.45) is 0 Å². The van der Waals surface area contributed by atoms with Crippen molar-refractivity contribution in [3.63, 3.8) is 0 Å². The molecule has 2 rings (SSSR count). The molecule has 0 radical (unpaired) electrons. The second-order valence-electron chi connectivity index (χ2n) is 4.02. The number of hydrogen-bond acceptors (Lipinski definition) is 5. The van der Waals surface area contributed by atoms with E-state index in [1.807, 2.05) is 24.4 Å². The molecule has 0 fully saturated rings. The highest BCUT2D eigenvalue weighted by atomic mass is 32.2. The minimum absolute atomic E-state index is 0.0110. The van der Waals surface area contributed by atoms with Gasteiger partial charge in [0, 0.05) is 35.1 Å². The lowest BCUT2D eigenvalue weighted by molar-refractivity contribution is -0.115. The molecule has 3 N–H and O–H groups in total. The lowest BCUT2D eigenvalue weighted by atomic mass is 10.2. The number of thiazole rings is 1. The van der Waals surface area contributed by atoms with Crippen molar-refractivity contribution in [1.29, 1.82) is 0 Å². The number of benzene rings is 1. The average Bonchev–Trinajstić information content (AvgIpc) is 2.86. The quantitative estimate of drug-likeness (QED) is 0.656. The number of carbonyl (C=O) groups is 1. The second-order valence-corrected chi connectivity index (χ2v) is 6.26. The third-order valence-corrected chi connectivity index (χ3v) is 4.46. The van der Waals surface area contributed by atoms with E-state index in [9.17, 15) is 4.79 Å². The first-order valence-electron chi connectivity index (χ1n) is 5.83. The number of anilines is 2. The number of aromatic nitrogens is 1. The summed E-state index contributed by atoms with van der Waals surface area (Å²) in [5.41, 5.74) is 8.17. The normalized spacial score (nSPS) is 10.4. The highest BCUT2D eigenvalue weighted by Crippen LogP contribution is 2.21. The minimum atomic E-state index is 0.0110. The Morgan fingerprint density at radius 1 is 1.53 bits per heavy atom. The van der Waals surface area contributed by atoms with Gasteiger partial charge in [0.2, 0.25) is 5.91 Å². The van der Waals surface area contributed by atoms with Gasteiger partial charge in [-0.1, -0.05) is 11.8 Å². The Morgan fingerprint density at radius 3 is 3.05 bits per heavy atom. The lowest BCUT2D eigenvalue weighted by Crippen LogP contribution is -2.13. The molecule has 0 aliphatic heterocycles. The van der Waals surface area contributed by atoms with E-state index >= 15 is 0 Å². The number of nitrogens with zero attached hydrogens (tertiary/aromatic N) is 1. The van der Waals surface area contributed by atoms with Crippen molar-refractivity contribution >= 4 is 40.4 Å². The highest BCUT2D eigenvalue weighted by Gasteiger charge is 2.06. The maximum atomic E-state index is 11.8. The maximum Gasteiger partial charge on any atom is 0.225 e. The van der Waals surface area contributed by atoms with Crippen molar-refractivity contribution in [3.05, 3.63) is 35.3 Å². The van der Waals surface area contributed by atoms with E-state index in [0.29, 0.717) is 12.1 Å². The molecule has 0 aliphatic rings.